The smallest absolute Gasteiger partial charge is 0.453 e. The molecular weight excluding hydrogens is 529 g/mol. The summed E-state index contributed by atoms with van der Waals surface area (Å²) in [5.74, 6) is -1.40. The second kappa shape index (κ2) is 10.0. The zero-order valence-corrected chi connectivity index (χ0v) is 21.2. The van der Waals surface area contributed by atoms with Gasteiger partial charge in [-0.1, -0.05) is 30.3 Å². The van der Waals surface area contributed by atoms with E-state index in [0.29, 0.717) is 29.8 Å². The van der Waals surface area contributed by atoms with Crippen LogP contribution in [0, 0.1) is 0 Å². The van der Waals surface area contributed by atoms with Gasteiger partial charge in [-0.25, -0.2) is 9.67 Å². The summed E-state index contributed by atoms with van der Waals surface area (Å²) in [7, 11) is 0. The van der Waals surface area contributed by atoms with E-state index in [1.165, 1.54) is 9.58 Å². The molecule has 2 atom stereocenters. The van der Waals surface area contributed by atoms with E-state index in [2.05, 4.69) is 20.7 Å². The normalized spacial score (nSPS) is 20.8. The standard InChI is InChI=1S/C27H25F3N6O4/c28-27(29,30)26-32-22-12-31-11-17(36(22)34-26)10-15-4-6-16(7-5-15)14-40-21-3-1-2-18-19(21)13-35(25(18)39)20-8-9-23(37)33-24(20)38/h1-7,17,20,31H,8-14H2,(H,33,37,38). The summed E-state index contributed by atoms with van der Waals surface area (Å²) in [6, 6.07) is 11.8. The maximum absolute atomic E-state index is 13.1. The van der Waals surface area contributed by atoms with E-state index in [-0.39, 0.29) is 56.2 Å². The molecule has 0 spiro atoms. The summed E-state index contributed by atoms with van der Waals surface area (Å²) in [5, 5.41) is 9.11. The van der Waals surface area contributed by atoms with Gasteiger partial charge >= 0.3 is 6.18 Å². The Morgan fingerprint density at radius 2 is 1.82 bits per heavy atom. The highest BCUT2D eigenvalue weighted by atomic mass is 19.4. The number of carbonyl (C=O) groups is 3. The summed E-state index contributed by atoms with van der Waals surface area (Å²) in [5.41, 5.74) is 2.97. The van der Waals surface area contributed by atoms with Crippen molar-refractivity contribution in [2.45, 2.75) is 57.2 Å². The number of halogens is 3. The van der Waals surface area contributed by atoms with Gasteiger partial charge in [0.25, 0.3) is 11.7 Å². The Hall–Kier alpha value is -4.26. The Morgan fingerprint density at radius 3 is 2.58 bits per heavy atom. The second-order valence-electron chi connectivity index (χ2n) is 10.1. The zero-order chi connectivity index (χ0) is 28.0. The van der Waals surface area contributed by atoms with Crippen molar-refractivity contribution in [2.75, 3.05) is 6.54 Å². The molecule has 13 heteroatoms. The van der Waals surface area contributed by atoms with Gasteiger partial charge in [0, 0.05) is 24.1 Å². The second-order valence-corrected chi connectivity index (χ2v) is 10.1. The quantitative estimate of drug-likeness (QED) is 0.450. The van der Waals surface area contributed by atoms with Gasteiger partial charge < -0.3 is 15.0 Å². The van der Waals surface area contributed by atoms with Crippen molar-refractivity contribution in [3.63, 3.8) is 0 Å². The van der Waals surface area contributed by atoms with Crippen molar-refractivity contribution in [2.24, 2.45) is 0 Å². The van der Waals surface area contributed by atoms with Gasteiger partial charge in [0.2, 0.25) is 11.8 Å². The van der Waals surface area contributed by atoms with Crippen LogP contribution in [0.2, 0.25) is 0 Å². The van der Waals surface area contributed by atoms with Crippen molar-refractivity contribution >= 4 is 17.7 Å². The molecule has 1 saturated heterocycles. The van der Waals surface area contributed by atoms with E-state index in [9.17, 15) is 27.6 Å². The number of hydrogen-bond donors (Lipinski definition) is 2. The molecule has 208 valence electrons. The molecule has 0 bridgehead atoms. The lowest BCUT2D eigenvalue weighted by molar-refractivity contribution is -0.145. The lowest BCUT2D eigenvalue weighted by atomic mass is 10.0. The van der Waals surface area contributed by atoms with Crippen LogP contribution in [0.25, 0.3) is 0 Å². The third-order valence-electron chi connectivity index (χ3n) is 7.39. The van der Waals surface area contributed by atoms with Crippen LogP contribution in [0.5, 0.6) is 5.75 Å². The molecule has 1 fully saturated rings. The Bertz CT molecular complexity index is 1490. The lowest BCUT2D eigenvalue weighted by Crippen LogP contribution is -2.52. The molecule has 1 aromatic heterocycles. The van der Waals surface area contributed by atoms with Crippen LogP contribution < -0.4 is 15.4 Å². The SMILES string of the molecule is O=C1CCC(N2Cc3c(OCc4ccc(CC5CNCc6nc(C(F)(F)F)nn65)cc4)cccc3C2=O)C(=O)N1. The highest BCUT2D eigenvalue weighted by molar-refractivity contribution is 6.05. The fourth-order valence-corrected chi connectivity index (χ4v) is 5.38. The van der Waals surface area contributed by atoms with Crippen molar-refractivity contribution in [3.8, 4) is 5.75 Å². The minimum absolute atomic E-state index is 0.182. The number of hydrogen-bond acceptors (Lipinski definition) is 7. The molecule has 4 heterocycles. The predicted octanol–water partition coefficient (Wildman–Crippen LogP) is 2.52. The average Bonchev–Trinajstić information content (AvgIpc) is 3.51. The summed E-state index contributed by atoms with van der Waals surface area (Å²) < 4.78 is 46.7. The Morgan fingerprint density at radius 1 is 1.05 bits per heavy atom. The van der Waals surface area contributed by atoms with Gasteiger partial charge in [0.05, 0.1) is 19.1 Å². The molecule has 6 rings (SSSR count). The Kier molecular flexibility index (Phi) is 6.53. The summed E-state index contributed by atoms with van der Waals surface area (Å²) in [6.45, 7) is 1.16. The summed E-state index contributed by atoms with van der Waals surface area (Å²) >= 11 is 0. The van der Waals surface area contributed by atoms with Gasteiger partial charge in [0.15, 0.2) is 0 Å². The number of alkyl halides is 3. The summed E-state index contributed by atoms with van der Waals surface area (Å²) in [6.07, 6.45) is -3.65. The van der Waals surface area contributed by atoms with Crippen molar-refractivity contribution < 1.29 is 32.3 Å². The largest absolute Gasteiger partial charge is 0.489 e. The van der Waals surface area contributed by atoms with Crippen LogP contribution in [0.1, 0.15) is 57.6 Å². The van der Waals surface area contributed by atoms with Crippen LogP contribution in [0.15, 0.2) is 42.5 Å². The molecular formula is C27H25F3N6O4. The molecule has 40 heavy (non-hydrogen) atoms. The van der Waals surface area contributed by atoms with Crippen LogP contribution >= 0.6 is 0 Å². The first-order chi connectivity index (χ1) is 19.2. The number of ether oxygens (including phenoxy) is 1. The first-order valence-electron chi connectivity index (χ1n) is 12.9. The van der Waals surface area contributed by atoms with Crippen molar-refractivity contribution in [1.29, 1.82) is 0 Å². The lowest BCUT2D eigenvalue weighted by Gasteiger charge is -2.29. The number of amides is 3. The third kappa shape index (κ3) is 4.92. The fraction of sp³-hybridized carbons (Fsp3) is 0.370. The molecule has 10 nitrogen and oxygen atoms in total. The molecule has 3 aliphatic rings. The van der Waals surface area contributed by atoms with E-state index in [0.717, 1.165) is 11.1 Å². The van der Waals surface area contributed by atoms with Crippen molar-refractivity contribution in [1.82, 2.24) is 30.3 Å². The van der Waals surface area contributed by atoms with E-state index < -0.39 is 23.9 Å². The van der Waals surface area contributed by atoms with Gasteiger partial charge in [-0.2, -0.15) is 13.2 Å². The first-order valence-corrected chi connectivity index (χ1v) is 12.9. The molecule has 0 saturated carbocycles. The number of fused-ring (bicyclic) bond motifs is 2. The van der Waals surface area contributed by atoms with E-state index >= 15 is 0 Å². The number of piperidine rings is 1. The number of rotatable bonds is 6. The number of nitrogens with one attached hydrogen (secondary N) is 2. The molecule has 2 aromatic carbocycles. The summed E-state index contributed by atoms with van der Waals surface area (Å²) in [4.78, 5) is 42.0. The highest BCUT2D eigenvalue weighted by Crippen LogP contribution is 2.34. The predicted molar refractivity (Wildman–Crippen MR) is 133 cm³/mol. The first kappa shape index (κ1) is 26.0. The van der Waals surface area contributed by atoms with Crippen LogP contribution in [0.4, 0.5) is 13.2 Å². The Labute approximate surface area is 226 Å². The number of imide groups is 1. The maximum Gasteiger partial charge on any atom is 0.453 e. The van der Waals surface area contributed by atoms with Gasteiger partial charge in [-0.3, -0.25) is 19.7 Å². The fourth-order valence-electron chi connectivity index (χ4n) is 5.38. The number of benzene rings is 2. The highest BCUT2D eigenvalue weighted by Gasteiger charge is 2.40. The topological polar surface area (TPSA) is 118 Å². The molecule has 3 aliphatic heterocycles. The number of aromatic nitrogens is 3. The molecule has 2 N–H and O–H groups in total. The van der Waals surface area contributed by atoms with Gasteiger partial charge in [-0.05, 0) is 36.1 Å². The molecule has 3 aromatic rings. The molecule has 0 radical (unpaired) electrons. The average molecular weight is 555 g/mol. The molecule has 2 unspecified atom stereocenters. The number of nitrogens with zero attached hydrogens (tertiary/aromatic N) is 4. The molecule has 3 amide bonds. The van der Waals surface area contributed by atoms with Crippen LogP contribution in [0.3, 0.4) is 0 Å². The van der Waals surface area contributed by atoms with E-state index in [4.69, 9.17) is 4.74 Å². The van der Waals surface area contributed by atoms with Crippen LogP contribution in [-0.2, 0) is 41.9 Å². The Balaban J connectivity index is 1.10. The van der Waals surface area contributed by atoms with Gasteiger partial charge in [-0.15, -0.1) is 5.10 Å². The van der Waals surface area contributed by atoms with E-state index in [1.54, 1.807) is 18.2 Å². The molecule has 0 aliphatic carbocycles. The van der Waals surface area contributed by atoms with E-state index in [1.807, 2.05) is 24.3 Å². The third-order valence-corrected chi connectivity index (χ3v) is 7.39. The maximum atomic E-state index is 13.1. The minimum Gasteiger partial charge on any atom is -0.489 e. The van der Waals surface area contributed by atoms with Gasteiger partial charge in [0.1, 0.15) is 24.2 Å². The van der Waals surface area contributed by atoms with Crippen LogP contribution in [-0.4, -0.2) is 50.0 Å². The minimum atomic E-state index is -4.59. The monoisotopic (exact) mass is 554 g/mol. The van der Waals surface area contributed by atoms with Crippen molar-refractivity contribution in [3.05, 3.63) is 76.4 Å². The zero-order valence-electron chi connectivity index (χ0n) is 21.2. The number of carbonyl (C=O) groups excluding carboxylic acids is 3.